The molecule has 0 aliphatic carbocycles. The first-order valence-electron chi connectivity index (χ1n) is 8.51. The third kappa shape index (κ3) is 5.60. The maximum atomic E-state index is 12.1. The summed E-state index contributed by atoms with van der Waals surface area (Å²) >= 11 is 5.82. The topological polar surface area (TPSA) is 81.1 Å². The third-order valence-corrected chi connectivity index (χ3v) is 4.23. The van der Waals surface area contributed by atoms with Crippen LogP contribution in [-0.2, 0) is 16.1 Å². The number of rotatable bonds is 7. The highest BCUT2D eigenvalue weighted by atomic mass is 35.5. The van der Waals surface area contributed by atoms with E-state index in [0.29, 0.717) is 28.8 Å². The summed E-state index contributed by atoms with van der Waals surface area (Å²) in [6, 6.07) is 12.4. The molecule has 0 saturated heterocycles. The lowest BCUT2D eigenvalue weighted by molar-refractivity contribution is -0.862. The van der Waals surface area contributed by atoms with E-state index in [-0.39, 0.29) is 31.7 Å². The molecule has 0 saturated carbocycles. The van der Waals surface area contributed by atoms with Crippen molar-refractivity contribution >= 4 is 29.1 Å². The van der Waals surface area contributed by atoms with Gasteiger partial charge in [-0.05, 0) is 42.0 Å². The van der Waals surface area contributed by atoms with Crippen LogP contribution in [0.1, 0.15) is 5.56 Å². The number of amides is 2. The normalized spacial score (nSPS) is 13.1. The van der Waals surface area contributed by atoms with Gasteiger partial charge in [0.25, 0.3) is 11.8 Å². The first kappa shape index (κ1) is 19.0. The van der Waals surface area contributed by atoms with E-state index in [1.54, 1.807) is 31.3 Å². The average Bonchev–Trinajstić information content (AvgIpc) is 3.09. The van der Waals surface area contributed by atoms with E-state index >= 15 is 0 Å². The summed E-state index contributed by atoms with van der Waals surface area (Å²) in [4.78, 5) is 24.9. The van der Waals surface area contributed by atoms with Crippen molar-refractivity contribution in [3.05, 3.63) is 53.1 Å². The van der Waals surface area contributed by atoms with Crippen molar-refractivity contribution < 1.29 is 24.0 Å². The molecule has 1 heterocycles. The van der Waals surface area contributed by atoms with Crippen LogP contribution in [0.3, 0.4) is 0 Å². The van der Waals surface area contributed by atoms with Crippen molar-refractivity contribution in [2.45, 2.75) is 6.54 Å². The van der Waals surface area contributed by atoms with Crippen molar-refractivity contribution in [1.29, 1.82) is 0 Å². The van der Waals surface area contributed by atoms with Gasteiger partial charge < -0.3 is 25.0 Å². The molecule has 0 aromatic heterocycles. The van der Waals surface area contributed by atoms with Gasteiger partial charge in [0.1, 0.15) is 0 Å². The van der Waals surface area contributed by atoms with Crippen LogP contribution in [0.15, 0.2) is 42.5 Å². The predicted octanol–water partition coefficient (Wildman–Crippen LogP) is 0.838. The molecule has 1 atom stereocenters. The molecule has 2 aromatic rings. The highest BCUT2D eigenvalue weighted by molar-refractivity contribution is 6.30. The number of anilines is 1. The Morgan fingerprint density at radius 2 is 1.74 bits per heavy atom. The van der Waals surface area contributed by atoms with E-state index < -0.39 is 0 Å². The van der Waals surface area contributed by atoms with Crippen molar-refractivity contribution in [2.24, 2.45) is 0 Å². The maximum Gasteiger partial charge on any atom is 0.279 e. The van der Waals surface area contributed by atoms with E-state index in [9.17, 15) is 9.59 Å². The molecule has 1 aliphatic heterocycles. The summed E-state index contributed by atoms with van der Waals surface area (Å²) in [5, 5.41) is 6.23. The molecule has 0 spiro atoms. The zero-order valence-corrected chi connectivity index (χ0v) is 15.6. The summed E-state index contributed by atoms with van der Waals surface area (Å²) < 4.78 is 10.6. The molecule has 1 unspecified atom stereocenters. The second kappa shape index (κ2) is 8.75. The van der Waals surface area contributed by atoms with E-state index in [4.69, 9.17) is 21.1 Å². The molecule has 2 aromatic carbocycles. The van der Waals surface area contributed by atoms with Crippen molar-refractivity contribution in [3.63, 3.8) is 0 Å². The summed E-state index contributed by atoms with van der Waals surface area (Å²) in [6.45, 7) is 0.982. The van der Waals surface area contributed by atoms with Crippen LogP contribution in [0.4, 0.5) is 5.69 Å². The molecule has 27 heavy (non-hydrogen) atoms. The number of halogens is 1. The van der Waals surface area contributed by atoms with Crippen LogP contribution in [-0.4, -0.2) is 38.7 Å². The second-order valence-electron chi connectivity index (χ2n) is 6.33. The standard InChI is InChI=1S/C19H20ClN3O4/c1-23(11-19(25)22-15-5-3-14(20)4-6-15)10-18(24)21-9-13-2-7-16-17(8-13)27-12-26-16/h2-8H,9-12H2,1H3,(H,21,24)(H,22,25)/p+1. The summed E-state index contributed by atoms with van der Waals surface area (Å²) in [7, 11) is 1.79. The van der Waals surface area contributed by atoms with E-state index in [0.717, 1.165) is 10.5 Å². The zero-order valence-electron chi connectivity index (χ0n) is 14.9. The van der Waals surface area contributed by atoms with Gasteiger partial charge in [-0.1, -0.05) is 17.7 Å². The van der Waals surface area contributed by atoms with Gasteiger partial charge in [0.2, 0.25) is 6.79 Å². The van der Waals surface area contributed by atoms with Crippen LogP contribution in [0.5, 0.6) is 11.5 Å². The van der Waals surface area contributed by atoms with Gasteiger partial charge in [0.05, 0.1) is 7.05 Å². The molecule has 0 radical (unpaired) electrons. The van der Waals surface area contributed by atoms with E-state index in [1.807, 2.05) is 18.2 Å². The molecule has 7 nitrogen and oxygen atoms in total. The Kier molecular flexibility index (Phi) is 6.16. The van der Waals surface area contributed by atoms with Crippen LogP contribution in [0, 0.1) is 0 Å². The number of ether oxygens (including phenoxy) is 2. The van der Waals surface area contributed by atoms with Crippen molar-refractivity contribution in [1.82, 2.24) is 5.32 Å². The number of nitrogens with one attached hydrogen (secondary N) is 3. The molecule has 8 heteroatoms. The molecular weight excluding hydrogens is 370 g/mol. The fourth-order valence-electron chi connectivity index (χ4n) is 2.66. The highest BCUT2D eigenvalue weighted by Crippen LogP contribution is 2.32. The first-order valence-corrected chi connectivity index (χ1v) is 8.89. The Balaban J connectivity index is 1.40. The molecule has 142 valence electrons. The van der Waals surface area contributed by atoms with E-state index in [1.165, 1.54) is 0 Å². The first-order chi connectivity index (χ1) is 13.0. The minimum Gasteiger partial charge on any atom is -0.454 e. The lowest BCUT2D eigenvalue weighted by atomic mass is 10.2. The fraction of sp³-hybridized carbons (Fsp3) is 0.263. The minimum absolute atomic E-state index is 0.135. The van der Waals surface area contributed by atoms with Crippen molar-refractivity contribution in [3.8, 4) is 11.5 Å². The fourth-order valence-corrected chi connectivity index (χ4v) is 2.79. The number of quaternary nitrogens is 1. The van der Waals surface area contributed by atoms with Gasteiger partial charge in [-0.15, -0.1) is 0 Å². The maximum absolute atomic E-state index is 12.1. The Morgan fingerprint density at radius 3 is 2.52 bits per heavy atom. The Labute approximate surface area is 162 Å². The molecule has 3 rings (SSSR count). The third-order valence-electron chi connectivity index (χ3n) is 3.98. The minimum atomic E-state index is -0.168. The number of fused-ring (bicyclic) bond motifs is 1. The lowest BCUT2D eigenvalue weighted by Gasteiger charge is -2.14. The number of hydrogen-bond acceptors (Lipinski definition) is 4. The van der Waals surface area contributed by atoms with Gasteiger partial charge >= 0.3 is 0 Å². The molecule has 0 fully saturated rings. The largest absolute Gasteiger partial charge is 0.454 e. The quantitative estimate of drug-likeness (QED) is 0.654. The van der Waals surface area contributed by atoms with Crippen LogP contribution in [0.2, 0.25) is 5.02 Å². The van der Waals surface area contributed by atoms with Gasteiger partial charge in [0, 0.05) is 17.3 Å². The summed E-state index contributed by atoms with van der Waals surface area (Å²) in [5.74, 6) is 1.09. The number of likely N-dealkylation sites (N-methyl/N-ethyl adjacent to an activating group) is 1. The Bertz CT molecular complexity index is 826. The molecule has 3 N–H and O–H groups in total. The summed E-state index contributed by atoms with van der Waals surface area (Å²) in [6.07, 6.45) is 0. The monoisotopic (exact) mass is 390 g/mol. The molecule has 2 amide bonds. The van der Waals surface area contributed by atoms with Crippen LogP contribution >= 0.6 is 11.6 Å². The smallest absolute Gasteiger partial charge is 0.279 e. The van der Waals surface area contributed by atoms with E-state index in [2.05, 4.69) is 10.6 Å². The number of benzene rings is 2. The molecule has 1 aliphatic rings. The molecular formula is C19H21ClN3O4+. The summed E-state index contributed by atoms with van der Waals surface area (Å²) in [5.41, 5.74) is 1.59. The lowest BCUT2D eigenvalue weighted by Crippen LogP contribution is -3.11. The number of carbonyl (C=O) groups excluding carboxylic acids is 2. The predicted molar refractivity (Wildman–Crippen MR) is 101 cm³/mol. The Morgan fingerprint density at radius 1 is 1.04 bits per heavy atom. The van der Waals surface area contributed by atoms with Gasteiger partial charge in [-0.2, -0.15) is 0 Å². The zero-order chi connectivity index (χ0) is 19.2. The van der Waals surface area contributed by atoms with Crippen LogP contribution < -0.4 is 25.0 Å². The van der Waals surface area contributed by atoms with Crippen LogP contribution in [0.25, 0.3) is 0 Å². The second-order valence-corrected chi connectivity index (χ2v) is 6.77. The average molecular weight is 391 g/mol. The van der Waals surface area contributed by atoms with Gasteiger partial charge in [0.15, 0.2) is 24.6 Å². The van der Waals surface area contributed by atoms with Gasteiger partial charge in [-0.25, -0.2) is 0 Å². The number of carbonyl (C=O) groups is 2. The van der Waals surface area contributed by atoms with Crippen molar-refractivity contribution in [2.75, 3.05) is 32.2 Å². The highest BCUT2D eigenvalue weighted by Gasteiger charge is 2.16. The molecule has 0 bridgehead atoms. The van der Waals surface area contributed by atoms with Gasteiger partial charge in [-0.3, -0.25) is 9.59 Å². The number of hydrogen-bond donors (Lipinski definition) is 3. The Hall–Kier alpha value is -2.77. The SMILES string of the molecule is C[NH+](CC(=O)NCc1ccc2c(c1)OCO2)CC(=O)Nc1ccc(Cl)cc1.